The summed E-state index contributed by atoms with van der Waals surface area (Å²) in [5.74, 6) is 2.18. The maximum absolute atomic E-state index is 10.2. The number of aliphatic imine (C=N–C) groups is 1. The standard InChI is InChI=1S/C18H29NO.FHO3S/c1-11(2)14-9-15(12(3)4)17(18(19-7)20-8)16(10-14)13(5)6;1-5(2,3)4/h9-13H,1-8H3;(H,2,3,4). The van der Waals surface area contributed by atoms with E-state index in [-0.39, 0.29) is 0 Å². The fourth-order valence-electron chi connectivity index (χ4n) is 2.51. The Labute approximate surface area is 151 Å². The van der Waals surface area contributed by atoms with Crippen LogP contribution >= 0.6 is 0 Å². The van der Waals surface area contributed by atoms with E-state index in [1.165, 1.54) is 22.3 Å². The monoisotopic (exact) mass is 375 g/mol. The molecule has 0 aliphatic heterocycles. The van der Waals surface area contributed by atoms with Crippen LogP contribution in [0.2, 0.25) is 0 Å². The zero-order chi connectivity index (χ0) is 19.9. The summed E-state index contributed by atoms with van der Waals surface area (Å²) < 4.78 is 39.6. The fourth-order valence-corrected chi connectivity index (χ4v) is 2.51. The van der Waals surface area contributed by atoms with Gasteiger partial charge in [-0.25, -0.2) is 0 Å². The molecule has 0 amide bonds. The first kappa shape index (κ1) is 23.5. The van der Waals surface area contributed by atoms with Gasteiger partial charge < -0.3 is 4.74 Å². The second-order valence-electron chi connectivity index (χ2n) is 6.68. The first-order chi connectivity index (χ1) is 11.3. The van der Waals surface area contributed by atoms with Crippen molar-refractivity contribution in [2.24, 2.45) is 4.99 Å². The van der Waals surface area contributed by atoms with Crippen molar-refractivity contribution in [1.29, 1.82) is 0 Å². The molecule has 25 heavy (non-hydrogen) atoms. The van der Waals surface area contributed by atoms with Crippen molar-refractivity contribution in [3.63, 3.8) is 0 Å². The lowest BCUT2D eigenvalue weighted by molar-refractivity contribution is 0.402. The number of halogens is 1. The van der Waals surface area contributed by atoms with E-state index in [4.69, 9.17) is 17.7 Å². The van der Waals surface area contributed by atoms with Crippen molar-refractivity contribution in [2.75, 3.05) is 14.2 Å². The second-order valence-corrected chi connectivity index (χ2v) is 7.51. The van der Waals surface area contributed by atoms with Crippen molar-refractivity contribution in [3.05, 3.63) is 34.4 Å². The zero-order valence-corrected chi connectivity index (χ0v) is 17.1. The molecule has 0 unspecified atom stereocenters. The fraction of sp³-hybridized carbons (Fsp3) is 0.611. The molecule has 0 aromatic heterocycles. The number of benzene rings is 1. The molecule has 0 atom stereocenters. The van der Waals surface area contributed by atoms with Gasteiger partial charge in [-0.3, -0.25) is 9.55 Å². The normalized spacial score (nSPS) is 12.4. The van der Waals surface area contributed by atoms with Crippen molar-refractivity contribution in [1.82, 2.24) is 0 Å². The number of ether oxygens (including phenoxy) is 1. The Bertz CT molecular complexity index is 658. The minimum Gasteiger partial charge on any atom is -0.481 e. The van der Waals surface area contributed by atoms with Crippen molar-refractivity contribution in [2.45, 2.75) is 59.3 Å². The van der Waals surface area contributed by atoms with Gasteiger partial charge in [0.2, 0.25) is 5.90 Å². The van der Waals surface area contributed by atoms with E-state index in [1.807, 2.05) is 0 Å². The highest BCUT2D eigenvalue weighted by Crippen LogP contribution is 2.32. The molecule has 0 aliphatic carbocycles. The lowest BCUT2D eigenvalue weighted by Gasteiger charge is -2.23. The largest absolute Gasteiger partial charge is 0.481 e. The van der Waals surface area contributed by atoms with Crippen LogP contribution in [0, 0.1) is 0 Å². The van der Waals surface area contributed by atoms with E-state index >= 15 is 0 Å². The number of hydrogen-bond donors (Lipinski definition) is 1. The highest BCUT2D eigenvalue weighted by atomic mass is 32.3. The lowest BCUT2D eigenvalue weighted by atomic mass is 9.84. The van der Waals surface area contributed by atoms with Crippen LogP contribution < -0.4 is 0 Å². The number of nitrogens with zero attached hydrogens (tertiary/aromatic N) is 1. The quantitative estimate of drug-likeness (QED) is 0.354. The third-order valence-electron chi connectivity index (χ3n) is 3.74. The van der Waals surface area contributed by atoms with E-state index in [1.54, 1.807) is 14.2 Å². The first-order valence-corrected chi connectivity index (χ1v) is 9.53. The SMILES string of the molecule is CN=C(OC)c1c(C(C)C)cc(C(C)C)cc1C(C)C.O=S(=O)(O)F. The van der Waals surface area contributed by atoms with Crippen molar-refractivity contribution in [3.8, 4) is 0 Å². The summed E-state index contributed by atoms with van der Waals surface area (Å²) in [6, 6.07) is 4.64. The van der Waals surface area contributed by atoms with E-state index < -0.39 is 10.5 Å². The highest BCUT2D eigenvalue weighted by Gasteiger charge is 2.21. The lowest BCUT2D eigenvalue weighted by Crippen LogP contribution is -2.14. The summed E-state index contributed by atoms with van der Waals surface area (Å²) in [6.07, 6.45) is 0. The van der Waals surface area contributed by atoms with Gasteiger partial charge in [0.25, 0.3) is 0 Å². The second kappa shape index (κ2) is 9.87. The van der Waals surface area contributed by atoms with E-state index in [0.717, 1.165) is 5.90 Å². The van der Waals surface area contributed by atoms with Gasteiger partial charge >= 0.3 is 10.5 Å². The highest BCUT2D eigenvalue weighted by molar-refractivity contribution is 7.80. The summed E-state index contributed by atoms with van der Waals surface area (Å²) in [5, 5.41) is 0. The van der Waals surface area contributed by atoms with Crippen LogP contribution in [0.15, 0.2) is 17.1 Å². The van der Waals surface area contributed by atoms with Gasteiger partial charge in [-0.05, 0) is 34.4 Å². The minimum absolute atomic E-state index is 0.452. The van der Waals surface area contributed by atoms with Crippen LogP contribution in [0.3, 0.4) is 0 Å². The van der Waals surface area contributed by atoms with Gasteiger partial charge in [0.05, 0.1) is 7.11 Å². The predicted molar refractivity (Wildman–Crippen MR) is 101 cm³/mol. The molecule has 1 N–H and O–H groups in total. The molecule has 1 aromatic carbocycles. The van der Waals surface area contributed by atoms with Crippen molar-refractivity contribution < 1.29 is 21.6 Å². The molecular weight excluding hydrogens is 345 g/mol. The van der Waals surface area contributed by atoms with Crippen LogP contribution in [0.25, 0.3) is 0 Å². The van der Waals surface area contributed by atoms with Gasteiger partial charge in [-0.15, -0.1) is 0 Å². The first-order valence-electron chi connectivity index (χ1n) is 8.19. The Kier molecular flexibility index (Phi) is 9.29. The maximum Gasteiger partial charge on any atom is 0.435 e. The number of methoxy groups -OCH3 is 1. The third-order valence-corrected chi connectivity index (χ3v) is 3.74. The van der Waals surface area contributed by atoms with Gasteiger partial charge in [0, 0.05) is 12.6 Å². The van der Waals surface area contributed by atoms with Crippen molar-refractivity contribution >= 4 is 16.4 Å². The molecule has 0 fully saturated rings. The molecule has 1 rings (SSSR count). The van der Waals surface area contributed by atoms with E-state index in [9.17, 15) is 3.89 Å². The zero-order valence-electron chi connectivity index (χ0n) is 16.3. The molecule has 0 spiro atoms. The molecule has 0 bridgehead atoms. The molecule has 0 saturated heterocycles. The summed E-state index contributed by atoms with van der Waals surface area (Å²) in [4.78, 5) is 4.33. The van der Waals surface area contributed by atoms with E-state index in [0.29, 0.717) is 17.8 Å². The molecule has 0 heterocycles. The Morgan fingerprint density at radius 3 is 1.60 bits per heavy atom. The van der Waals surface area contributed by atoms with Gasteiger partial charge in [-0.2, -0.15) is 8.42 Å². The predicted octanol–water partition coefficient (Wildman–Crippen LogP) is 4.84. The van der Waals surface area contributed by atoms with Gasteiger partial charge in [0.1, 0.15) is 0 Å². The maximum atomic E-state index is 10.2. The molecule has 0 saturated carbocycles. The molecule has 7 heteroatoms. The Morgan fingerprint density at radius 1 is 1.04 bits per heavy atom. The van der Waals surface area contributed by atoms with Crippen LogP contribution in [-0.2, 0) is 15.2 Å². The van der Waals surface area contributed by atoms with E-state index in [2.05, 4.69) is 58.7 Å². The Morgan fingerprint density at radius 2 is 1.40 bits per heavy atom. The van der Waals surface area contributed by atoms with Crippen LogP contribution in [0.5, 0.6) is 0 Å². The Balaban J connectivity index is 0.00000101. The third kappa shape index (κ3) is 7.96. The van der Waals surface area contributed by atoms with Crippen LogP contribution in [0.1, 0.15) is 81.5 Å². The Hall–Kier alpha value is -1.47. The smallest absolute Gasteiger partial charge is 0.435 e. The average Bonchev–Trinajstić information content (AvgIpc) is 2.45. The summed E-state index contributed by atoms with van der Waals surface area (Å²) >= 11 is 0. The number of hydrogen-bond acceptors (Lipinski definition) is 4. The van der Waals surface area contributed by atoms with Crippen LogP contribution in [-0.4, -0.2) is 33.0 Å². The summed E-state index contributed by atoms with van der Waals surface area (Å²) in [7, 11) is -1.67. The van der Waals surface area contributed by atoms with Gasteiger partial charge in [0.15, 0.2) is 0 Å². The topological polar surface area (TPSA) is 76.0 Å². The number of rotatable bonds is 4. The average molecular weight is 376 g/mol. The molecule has 1 aromatic rings. The summed E-state index contributed by atoms with van der Waals surface area (Å²) in [5.41, 5.74) is 5.25. The van der Waals surface area contributed by atoms with Crippen LogP contribution in [0.4, 0.5) is 3.89 Å². The molecule has 5 nitrogen and oxygen atoms in total. The minimum atomic E-state index is -5.17. The molecule has 0 radical (unpaired) electrons. The summed E-state index contributed by atoms with van der Waals surface area (Å²) in [6.45, 7) is 13.4. The molecular formula is C18H30FNO4S. The molecule has 144 valence electrons. The molecule has 0 aliphatic rings. The van der Waals surface area contributed by atoms with Gasteiger partial charge in [-0.1, -0.05) is 57.6 Å².